The van der Waals surface area contributed by atoms with Gasteiger partial charge in [0.05, 0.1) is 16.8 Å². The zero-order valence-corrected chi connectivity index (χ0v) is 15.3. The quantitative estimate of drug-likeness (QED) is 0.829. The lowest BCUT2D eigenvalue weighted by atomic mass is 10.2. The zero-order valence-electron chi connectivity index (χ0n) is 13.7. The van der Waals surface area contributed by atoms with E-state index in [0.29, 0.717) is 42.1 Å². The molecule has 0 bridgehead atoms. The number of thioether (sulfide) groups is 1. The second-order valence-corrected chi connectivity index (χ2v) is 7.87. The number of carbonyl (C=O) groups excluding carboxylic acids is 2. The minimum atomic E-state index is 0.0852. The van der Waals surface area contributed by atoms with Crippen LogP contribution in [0.4, 0.5) is 0 Å². The van der Waals surface area contributed by atoms with Crippen molar-refractivity contribution in [1.29, 1.82) is 0 Å². The number of fused-ring (bicyclic) bond motifs is 1. The molecule has 1 aromatic carbocycles. The molecule has 1 saturated carbocycles. The highest BCUT2D eigenvalue weighted by Crippen LogP contribution is 2.31. The van der Waals surface area contributed by atoms with Crippen LogP contribution in [0, 0.1) is 5.92 Å². The predicted octanol–water partition coefficient (Wildman–Crippen LogP) is 2.39. The summed E-state index contributed by atoms with van der Waals surface area (Å²) in [5.74, 6) is 0.938. The van der Waals surface area contributed by atoms with Crippen molar-refractivity contribution in [2.45, 2.75) is 18.0 Å². The first-order valence-corrected chi connectivity index (χ1v) is 9.81. The van der Waals surface area contributed by atoms with Crippen molar-refractivity contribution in [2.24, 2.45) is 5.92 Å². The SMILES string of the molecule is O=C(CSc1nc2ccc(Cl)cc2[nH]1)N1CCN(C(=O)C2CC2)CC1. The van der Waals surface area contributed by atoms with Crippen molar-refractivity contribution in [2.75, 3.05) is 31.9 Å². The Bertz CT molecular complexity index is 812. The summed E-state index contributed by atoms with van der Waals surface area (Å²) in [6, 6.07) is 5.48. The number of aromatic amines is 1. The van der Waals surface area contributed by atoms with Gasteiger partial charge in [0.15, 0.2) is 5.16 Å². The number of H-pyrrole nitrogens is 1. The third-order valence-corrected chi connectivity index (χ3v) is 5.72. The van der Waals surface area contributed by atoms with Gasteiger partial charge < -0.3 is 14.8 Å². The Balaban J connectivity index is 1.29. The molecule has 1 aliphatic carbocycles. The highest BCUT2D eigenvalue weighted by molar-refractivity contribution is 7.99. The van der Waals surface area contributed by atoms with Gasteiger partial charge in [0.2, 0.25) is 11.8 Å². The van der Waals surface area contributed by atoms with Crippen LogP contribution in [-0.4, -0.2) is 63.5 Å². The third kappa shape index (κ3) is 3.77. The lowest BCUT2D eigenvalue weighted by Gasteiger charge is -2.34. The molecule has 1 aromatic heterocycles. The van der Waals surface area contributed by atoms with Gasteiger partial charge in [0, 0.05) is 37.1 Å². The van der Waals surface area contributed by atoms with Crippen molar-refractivity contribution in [3.05, 3.63) is 23.2 Å². The molecule has 0 radical (unpaired) electrons. The van der Waals surface area contributed by atoms with Crippen LogP contribution < -0.4 is 0 Å². The molecule has 2 fully saturated rings. The number of piperazine rings is 1. The highest BCUT2D eigenvalue weighted by Gasteiger charge is 2.35. The van der Waals surface area contributed by atoms with Gasteiger partial charge >= 0.3 is 0 Å². The number of benzene rings is 1. The van der Waals surface area contributed by atoms with E-state index in [2.05, 4.69) is 9.97 Å². The summed E-state index contributed by atoms with van der Waals surface area (Å²) in [6.45, 7) is 2.53. The number of amides is 2. The van der Waals surface area contributed by atoms with Crippen LogP contribution in [0.2, 0.25) is 5.02 Å². The summed E-state index contributed by atoms with van der Waals surface area (Å²) in [5.41, 5.74) is 1.71. The van der Waals surface area contributed by atoms with Gasteiger partial charge in [0.25, 0.3) is 0 Å². The van der Waals surface area contributed by atoms with Crippen LogP contribution >= 0.6 is 23.4 Å². The van der Waals surface area contributed by atoms with E-state index >= 15 is 0 Å². The fourth-order valence-corrected chi connectivity index (χ4v) is 3.97. The number of hydrogen-bond acceptors (Lipinski definition) is 4. The van der Waals surface area contributed by atoms with E-state index < -0.39 is 0 Å². The third-order valence-electron chi connectivity index (χ3n) is 4.63. The minimum Gasteiger partial charge on any atom is -0.339 e. The Morgan fingerprint density at radius 3 is 2.64 bits per heavy atom. The number of aromatic nitrogens is 2. The Kier molecular flexibility index (Phi) is 4.60. The van der Waals surface area contributed by atoms with Gasteiger partial charge in [-0.15, -0.1) is 0 Å². The summed E-state index contributed by atoms with van der Waals surface area (Å²) in [5, 5.41) is 1.37. The van der Waals surface area contributed by atoms with E-state index in [4.69, 9.17) is 11.6 Å². The fraction of sp³-hybridized carbons (Fsp3) is 0.471. The van der Waals surface area contributed by atoms with Gasteiger partial charge in [-0.3, -0.25) is 9.59 Å². The Morgan fingerprint density at radius 2 is 1.92 bits per heavy atom. The van der Waals surface area contributed by atoms with Crippen molar-refractivity contribution >= 4 is 46.2 Å². The maximum absolute atomic E-state index is 12.4. The van der Waals surface area contributed by atoms with Crippen molar-refractivity contribution in [3.63, 3.8) is 0 Å². The first kappa shape index (κ1) is 16.7. The van der Waals surface area contributed by atoms with Crippen molar-refractivity contribution in [3.8, 4) is 0 Å². The topological polar surface area (TPSA) is 69.3 Å². The normalized spacial score (nSPS) is 18.0. The van der Waals surface area contributed by atoms with Crippen LogP contribution in [0.25, 0.3) is 11.0 Å². The van der Waals surface area contributed by atoms with E-state index in [1.54, 1.807) is 6.07 Å². The molecule has 0 atom stereocenters. The molecule has 0 spiro atoms. The van der Waals surface area contributed by atoms with Gasteiger partial charge in [0.1, 0.15) is 0 Å². The second kappa shape index (κ2) is 6.88. The molecule has 0 unspecified atom stereocenters. The molecule has 25 heavy (non-hydrogen) atoms. The van der Waals surface area contributed by atoms with E-state index in [9.17, 15) is 9.59 Å². The molecule has 1 aliphatic heterocycles. The average Bonchev–Trinajstić information content (AvgIpc) is 3.39. The van der Waals surface area contributed by atoms with Crippen LogP contribution in [0.3, 0.4) is 0 Å². The summed E-state index contributed by atoms with van der Waals surface area (Å²) < 4.78 is 0. The molecular weight excluding hydrogens is 360 g/mol. The molecule has 6 nitrogen and oxygen atoms in total. The maximum atomic E-state index is 12.4. The zero-order chi connectivity index (χ0) is 17.4. The molecule has 2 amide bonds. The Labute approximate surface area is 154 Å². The molecule has 2 aliphatic rings. The molecular formula is C17H19ClN4O2S. The number of halogens is 1. The smallest absolute Gasteiger partial charge is 0.233 e. The summed E-state index contributed by atoms with van der Waals surface area (Å²) in [6.07, 6.45) is 2.05. The Morgan fingerprint density at radius 1 is 1.20 bits per heavy atom. The fourth-order valence-electron chi connectivity index (χ4n) is 3.01. The summed E-state index contributed by atoms with van der Waals surface area (Å²) >= 11 is 7.37. The maximum Gasteiger partial charge on any atom is 0.233 e. The van der Waals surface area contributed by atoms with Crippen LogP contribution in [0.5, 0.6) is 0 Å². The van der Waals surface area contributed by atoms with E-state index in [1.165, 1.54) is 11.8 Å². The lowest BCUT2D eigenvalue weighted by Crippen LogP contribution is -2.51. The average molecular weight is 379 g/mol. The number of hydrogen-bond donors (Lipinski definition) is 1. The number of nitrogens with one attached hydrogen (secondary N) is 1. The van der Waals surface area contributed by atoms with Crippen LogP contribution in [-0.2, 0) is 9.59 Å². The van der Waals surface area contributed by atoms with E-state index in [-0.39, 0.29) is 17.7 Å². The van der Waals surface area contributed by atoms with Crippen LogP contribution in [0.1, 0.15) is 12.8 Å². The highest BCUT2D eigenvalue weighted by atomic mass is 35.5. The van der Waals surface area contributed by atoms with Crippen molar-refractivity contribution in [1.82, 2.24) is 19.8 Å². The molecule has 4 rings (SSSR count). The molecule has 2 aromatic rings. The number of rotatable bonds is 4. The molecule has 1 saturated heterocycles. The van der Waals surface area contributed by atoms with Crippen LogP contribution in [0.15, 0.2) is 23.4 Å². The standard InChI is InChI=1S/C17H19ClN4O2S/c18-12-3-4-13-14(9-12)20-17(19-13)25-10-15(23)21-5-7-22(8-6-21)16(24)11-1-2-11/h3-4,9,11H,1-2,5-8,10H2,(H,19,20). The minimum absolute atomic E-state index is 0.0852. The largest absolute Gasteiger partial charge is 0.339 e. The Hall–Kier alpha value is -1.73. The summed E-state index contributed by atoms with van der Waals surface area (Å²) in [4.78, 5) is 35.8. The predicted molar refractivity (Wildman–Crippen MR) is 97.7 cm³/mol. The summed E-state index contributed by atoms with van der Waals surface area (Å²) in [7, 11) is 0. The monoisotopic (exact) mass is 378 g/mol. The lowest BCUT2D eigenvalue weighted by molar-refractivity contribution is -0.139. The van der Waals surface area contributed by atoms with E-state index in [0.717, 1.165) is 23.9 Å². The van der Waals surface area contributed by atoms with Gasteiger partial charge in [-0.25, -0.2) is 4.98 Å². The first-order chi connectivity index (χ1) is 12.1. The number of nitrogens with zero attached hydrogens (tertiary/aromatic N) is 3. The van der Waals surface area contributed by atoms with E-state index in [1.807, 2.05) is 21.9 Å². The van der Waals surface area contributed by atoms with Crippen molar-refractivity contribution < 1.29 is 9.59 Å². The molecule has 132 valence electrons. The molecule has 1 N–H and O–H groups in total. The van der Waals surface area contributed by atoms with Gasteiger partial charge in [-0.05, 0) is 31.0 Å². The first-order valence-electron chi connectivity index (χ1n) is 8.45. The molecule has 2 heterocycles. The number of carbonyl (C=O) groups is 2. The second-order valence-electron chi connectivity index (χ2n) is 6.47. The van der Waals surface area contributed by atoms with Gasteiger partial charge in [-0.1, -0.05) is 23.4 Å². The molecule has 8 heteroatoms. The van der Waals surface area contributed by atoms with Gasteiger partial charge in [-0.2, -0.15) is 0 Å². The number of imidazole rings is 1.